The van der Waals surface area contributed by atoms with Crippen molar-refractivity contribution in [2.45, 2.75) is 13.3 Å². The van der Waals surface area contributed by atoms with E-state index in [9.17, 15) is 9.18 Å². The molecule has 17 heavy (non-hydrogen) atoms. The fourth-order valence-corrected chi connectivity index (χ4v) is 1.32. The molecule has 1 N–H and O–H groups in total. The molecule has 0 unspecified atom stereocenters. The zero-order valence-electron chi connectivity index (χ0n) is 10.00. The summed E-state index contributed by atoms with van der Waals surface area (Å²) in [5.74, 6) is 0.264. The van der Waals surface area contributed by atoms with Gasteiger partial charge in [0.25, 0.3) is 0 Å². The van der Waals surface area contributed by atoms with Crippen LogP contribution in [0, 0.1) is 5.82 Å². The Labute approximate surface area is 100 Å². The van der Waals surface area contributed by atoms with Crippen LogP contribution in [-0.2, 0) is 4.79 Å². The number of carbonyl (C=O) groups is 1. The van der Waals surface area contributed by atoms with Gasteiger partial charge < -0.3 is 10.1 Å². The normalized spacial score (nSPS) is 10.5. The van der Waals surface area contributed by atoms with Crippen molar-refractivity contribution in [2.24, 2.45) is 0 Å². The van der Waals surface area contributed by atoms with E-state index >= 15 is 0 Å². The van der Waals surface area contributed by atoms with Crippen LogP contribution in [0.4, 0.5) is 4.39 Å². The molecule has 4 heteroatoms. The number of hydrogen-bond donors (Lipinski definition) is 1. The van der Waals surface area contributed by atoms with Crippen molar-refractivity contribution in [1.82, 2.24) is 5.32 Å². The summed E-state index contributed by atoms with van der Waals surface area (Å²) in [6.45, 7) is 2.02. The maximum Gasteiger partial charge on any atom is 0.216 e. The van der Waals surface area contributed by atoms with Crippen LogP contribution in [0.25, 0.3) is 6.08 Å². The highest BCUT2D eigenvalue weighted by atomic mass is 19.1. The van der Waals surface area contributed by atoms with Crippen LogP contribution in [0.1, 0.15) is 18.9 Å². The molecule has 0 aromatic heterocycles. The van der Waals surface area contributed by atoms with E-state index in [2.05, 4.69) is 5.32 Å². The van der Waals surface area contributed by atoms with Crippen molar-refractivity contribution < 1.29 is 13.9 Å². The fraction of sp³-hybridized carbons (Fsp3) is 0.308. The summed E-state index contributed by atoms with van der Waals surface area (Å²) in [4.78, 5) is 10.6. The summed E-state index contributed by atoms with van der Waals surface area (Å²) in [5, 5.41) is 2.66. The quantitative estimate of drug-likeness (QED) is 0.798. The molecule has 0 spiro atoms. The van der Waals surface area contributed by atoms with Gasteiger partial charge in [-0.25, -0.2) is 4.39 Å². The number of carbonyl (C=O) groups excluding carboxylic acids is 1. The molecule has 1 rings (SSSR count). The number of amides is 1. The first-order chi connectivity index (χ1) is 8.13. The van der Waals surface area contributed by atoms with E-state index in [-0.39, 0.29) is 11.7 Å². The van der Waals surface area contributed by atoms with E-state index in [0.717, 1.165) is 0 Å². The zero-order valence-corrected chi connectivity index (χ0v) is 10.00. The second-order valence-corrected chi connectivity index (χ2v) is 3.56. The Hall–Kier alpha value is -1.84. The Morgan fingerprint density at radius 2 is 2.29 bits per heavy atom. The lowest BCUT2D eigenvalue weighted by Crippen LogP contribution is -2.20. The van der Waals surface area contributed by atoms with Gasteiger partial charge in [-0.05, 0) is 24.6 Å². The molecule has 0 radical (unpaired) electrons. The molecule has 0 saturated carbocycles. The smallest absolute Gasteiger partial charge is 0.216 e. The highest BCUT2D eigenvalue weighted by Gasteiger charge is 2.00. The van der Waals surface area contributed by atoms with Gasteiger partial charge >= 0.3 is 0 Å². The minimum atomic E-state index is -0.290. The summed E-state index contributed by atoms with van der Waals surface area (Å²) in [5.41, 5.74) is 0.479. The first-order valence-corrected chi connectivity index (χ1v) is 5.38. The zero-order chi connectivity index (χ0) is 12.7. The summed E-state index contributed by atoms with van der Waals surface area (Å²) < 4.78 is 18.4. The van der Waals surface area contributed by atoms with Gasteiger partial charge in [-0.3, -0.25) is 4.79 Å². The first-order valence-electron chi connectivity index (χ1n) is 5.38. The van der Waals surface area contributed by atoms with Gasteiger partial charge in [0.2, 0.25) is 5.91 Å². The number of ether oxygens (including phenoxy) is 1. The number of halogens is 1. The molecule has 1 amide bonds. The van der Waals surface area contributed by atoms with Crippen molar-refractivity contribution in [3.05, 3.63) is 35.7 Å². The lowest BCUT2D eigenvalue weighted by Gasteiger charge is -2.02. The van der Waals surface area contributed by atoms with Gasteiger partial charge in [0.15, 0.2) is 0 Å². The van der Waals surface area contributed by atoms with Crippen LogP contribution < -0.4 is 10.1 Å². The van der Waals surface area contributed by atoms with E-state index in [1.165, 1.54) is 20.1 Å². The Balaban J connectivity index is 2.55. The molecule has 92 valence electrons. The monoisotopic (exact) mass is 237 g/mol. The van der Waals surface area contributed by atoms with Crippen LogP contribution in [-0.4, -0.2) is 19.6 Å². The standard InChI is InChI=1S/C13H16FNO2/c1-10(16)15-8-4-3-5-11-9-12(17-2)6-7-13(11)14/h3,5-7,9H,4,8H2,1-2H3,(H,15,16). The Bertz CT molecular complexity index is 416. The largest absolute Gasteiger partial charge is 0.497 e. The minimum absolute atomic E-state index is 0.0639. The molecule has 0 atom stereocenters. The van der Waals surface area contributed by atoms with E-state index in [1.54, 1.807) is 18.2 Å². The maximum absolute atomic E-state index is 13.4. The van der Waals surface area contributed by atoms with Gasteiger partial charge in [-0.2, -0.15) is 0 Å². The van der Waals surface area contributed by atoms with E-state index < -0.39 is 0 Å². The summed E-state index contributed by atoms with van der Waals surface area (Å²) >= 11 is 0. The molecule has 0 aliphatic carbocycles. The van der Waals surface area contributed by atoms with Crippen molar-refractivity contribution in [1.29, 1.82) is 0 Å². The SMILES string of the molecule is COc1ccc(F)c(C=CCCNC(C)=O)c1. The van der Waals surface area contributed by atoms with Crippen molar-refractivity contribution in [3.63, 3.8) is 0 Å². The third kappa shape index (κ3) is 4.68. The van der Waals surface area contributed by atoms with E-state index in [1.807, 2.05) is 6.08 Å². The van der Waals surface area contributed by atoms with E-state index in [0.29, 0.717) is 24.3 Å². The molecule has 0 fully saturated rings. The van der Waals surface area contributed by atoms with Crippen LogP contribution in [0.3, 0.4) is 0 Å². The van der Waals surface area contributed by atoms with Crippen molar-refractivity contribution in [2.75, 3.05) is 13.7 Å². The maximum atomic E-state index is 13.4. The molecule has 0 saturated heterocycles. The number of nitrogens with one attached hydrogen (secondary N) is 1. The van der Waals surface area contributed by atoms with Crippen LogP contribution in [0.15, 0.2) is 24.3 Å². The molecule has 3 nitrogen and oxygen atoms in total. The molecule has 1 aromatic carbocycles. The number of methoxy groups -OCH3 is 1. The average Bonchev–Trinajstić information content (AvgIpc) is 2.30. The van der Waals surface area contributed by atoms with Crippen LogP contribution in [0.5, 0.6) is 5.75 Å². The first kappa shape index (κ1) is 13.2. The predicted octanol–water partition coefficient (Wildman–Crippen LogP) is 2.37. The third-order valence-electron chi connectivity index (χ3n) is 2.19. The summed E-state index contributed by atoms with van der Waals surface area (Å²) in [7, 11) is 1.54. The summed E-state index contributed by atoms with van der Waals surface area (Å²) in [6.07, 6.45) is 4.16. The second-order valence-electron chi connectivity index (χ2n) is 3.56. The lowest BCUT2D eigenvalue weighted by molar-refractivity contribution is -0.118. The lowest BCUT2D eigenvalue weighted by atomic mass is 10.1. The van der Waals surface area contributed by atoms with Gasteiger partial charge in [-0.15, -0.1) is 0 Å². The van der Waals surface area contributed by atoms with Crippen LogP contribution >= 0.6 is 0 Å². The highest BCUT2D eigenvalue weighted by molar-refractivity contribution is 5.72. The van der Waals surface area contributed by atoms with Gasteiger partial charge in [0, 0.05) is 19.0 Å². The third-order valence-corrected chi connectivity index (χ3v) is 2.19. The average molecular weight is 237 g/mol. The predicted molar refractivity (Wildman–Crippen MR) is 65.3 cm³/mol. The Kier molecular flexibility index (Phi) is 5.20. The van der Waals surface area contributed by atoms with Gasteiger partial charge in [-0.1, -0.05) is 12.2 Å². The molecule has 0 bridgehead atoms. The highest BCUT2D eigenvalue weighted by Crippen LogP contribution is 2.17. The van der Waals surface area contributed by atoms with Crippen molar-refractivity contribution >= 4 is 12.0 Å². The number of benzene rings is 1. The Morgan fingerprint density at radius 3 is 2.94 bits per heavy atom. The van der Waals surface area contributed by atoms with E-state index in [4.69, 9.17) is 4.74 Å². The second kappa shape index (κ2) is 6.68. The molecular weight excluding hydrogens is 221 g/mol. The summed E-state index contributed by atoms with van der Waals surface area (Å²) in [6, 6.07) is 4.57. The molecule has 0 aliphatic rings. The van der Waals surface area contributed by atoms with Gasteiger partial charge in [0.1, 0.15) is 11.6 Å². The van der Waals surface area contributed by atoms with Crippen molar-refractivity contribution in [3.8, 4) is 5.75 Å². The molecule has 0 heterocycles. The molecule has 1 aromatic rings. The topological polar surface area (TPSA) is 38.3 Å². The minimum Gasteiger partial charge on any atom is -0.497 e. The number of rotatable bonds is 5. The molecular formula is C13H16FNO2. The van der Waals surface area contributed by atoms with Crippen LogP contribution in [0.2, 0.25) is 0 Å². The Morgan fingerprint density at radius 1 is 1.53 bits per heavy atom. The fourth-order valence-electron chi connectivity index (χ4n) is 1.32. The number of hydrogen-bond acceptors (Lipinski definition) is 2. The van der Waals surface area contributed by atoms with Gasteiger partial charge in [0.05, 0.1) is 7.11 Å². The molecule has 0 aliphatic heterocycles.